The van der Waals surface area contributed by atoms with Gasteiger partial charge in [0.2, 0.25) is 0 Å². The Hall–Kier alpha value is -0.110. The van der Waals surface area contributed by atoms with Crippen molar-refractivity contribution in [2.45, 2.75) is 25.4 Å². The normalized spacial score (nSPS) is 15.7. The fraction of sp³-hybridized carbons (Fsp3) is 0.538. The summed E-state index contributed by atoms with van der Waals surface area (Å²) in [6.45, 7) is 0. The minimum atomic E-state index is -1.09. The first-order chi connectivity index (χ1) is 7.27. The van der Waals surface area contributed by atoms with E-state index < -0.39 is 21.4 Å². The number of rotatable bonds is 3. The summed E-state index contributed by atoms with van der Waals surface area (Å²) in [6.07, 6.45) is 3.07. The van der Waals surface area contributed by atoms with Crippen LogP contribution < -0.4 is 4.90 Å². The van der Waals surface area contributed by atoms with Crippen molar-refractivity contribution in [3.63, 3.8) is 0 Å². The summed E-state index contributed by atoms with van der Waals surface area (Å²) < 4.78 is 4.77. The Labute approximate surface area is 101 Å². The zero-order valence-corrected chi connectivity index (χ0v) is 13.2. The molecule has 0 aromatic heterocycles. The number of para-hydroxylation sites is 1. The number of benzene rings is 1. The molecule has 0 bridgehead atoms. The second-order valence-electron chi connectivity index (χ2n) is 4.88. The van der Waals surface area contributed by atoms with Crippen molar-refractivity contribution in [1.82, 2.24) is 0 Å². The molecule has 1 aliphatic rings. The van der Waals surface area contributed by atoms with Crippen LogP contribution in [0.15, 0.2) is 24.3 Å². The first-order valence-electron chi connectivity index (χ1n) is 6.02. The molecule has 1 fully saturated rings. The number of hydrogen-bond acceptors (Lipinski definition) is 1. The maximum atomic E-state index is 2.34. The van der Waals surface area contributed by atoms with Gasteiger partial charge >= 0.3 is 101 Å². The third-order valence-corrected chi connectivity index (χ3v) is 13.4. The molecule has 1 heterocycles. The van der Waals surface area contributed by atoms with Crippen LogP contribution in [0.25, 0.3) is 0 Å². The zero-order chi connectivity index (χ0) is 10.7. The van der Waals surface area contributed by atoms with E-state index in [0.717, 1.165) is 0 Å². The van der Waals surface area contributed by atoms with Crippen molar-refractivity contribution in [3.05, 3.63) is 29.8 Å². The standard InChI is InChI=1S/C9H12N.C4H8.In/c1-8-6-4-5-7-9(8)10(2)3;1-3-4-2;/h4-7H,1H2,2-3H3;1-4H2;. The van der Waals surface area contributed by atoms with Gasteiger partial charge in [0, 0.05) is 0 Å². The van der Waals surface area contributed by atoms with Crippen molar-refractivity contribution in [3.8, 4) is 0 Å². The monoisotopic (exact) mass is 305 g/mol. The molecule has 80 valence electrons. The summed E-state index contributed by atoms with van der Waals surface area (Å²) in [5.74, 6) is 0. The van der Waals surface area contributed by atoms with E-state index in [1.165, 1.54) is 22.7 Å². The molecule has 0 unspecified atom stereocenters. The van der Waals surface area contributed by atoms with Crippen molar-refractivity contribution < 1.29 is 0 Å². The summed E-state index contributed by atoms with van der Waals surface area (Å²) in [7, 11) is 4.31. The van der Waals surface area contributed by atoms with Crippen molar-refractivity contribution in [1.29, 1.82) is 0 Å². The van der Waals surface area contributed by atoms with Gasteiger partial charge in [-0.25, -0.2) is 0 Å². The third-order valence-electron chi connectivity index (χ3n) is 3.46. The average molecular weight is 305 g/mol. The van der Waals surface area contributed by atoms with Crippen LogP contribution in [0.4, 0.5) is 5.69 Å². The van der Waals surface area contributed by atoms with Crippen molar-refractivity contribution in [2.24, 2.45) is 0 Å². The van der Waals surface area contributed by atoms with E-state index in [-0.39, 0.29) is 0 Å². The van der Waals surface area contributed by atoms with E-state index in [2.05, 4.69) is 43.3 Å². The molecule has 0 saturated carbocycles. The van der Waals surface area contributed by atoms with Crippen LogP contribution in [0, 0.1) is 0 Å². The second kappa shape index (κ2) is 5.29. The molecule has 0 amide bonds. The van der Waals surface area contributed by atoms with Crippen LogP contribution in [0.2, 0.25) is 8.35 Å². The predicted octanol–water partition coefficient (Wildman–Crippen LogP) is 3.12. The molecule has 1 saturated heterocycles. The Balaban J connectivity index is 2.12. The van der Waals surface area contributed by atoms with Gasteiger partial charge in [0.25, 0.3) is 0 Å². The van der Waals surface area contributed by atoms with Crippen LogP contribution in [-0.4, -0.2) is 35.5 Å². The van der Waals surface area contributed by atoms with Crippen LogP contribution in [0.5, 0.6) is 0 Å². The summed E-state index contributed by atoms with van der Waals surface area (Å²) in [5.41, 5.74) is 3.06. The first-order valence-corrected chi connectivity index (χ1v) is 13.0. The summed E-state index contributed by atoms with van der Waals surface area (Å²) >= 11 is -1.09. The average Bonchev–Trinajstić information content (AvgIpc) is 2.71. The van der Waals surface area contributed by atoms with E-state index in [9.17, 15) is 0 Å². The fourth-order valence-electron chi connectivity index (χ4n) is 2.65. The van der Waals surface area contributed by atoms with Crippen LogP contribution in [0.3, 0.4) is 0 Å². The molecule has 0 radical (unpaired) electrons. The third kappa shape index (κ3) is 2.93. The van der Waals surface area contributed by atoms with E-state index >= 15 is 0 Å². The molecule has 2 rings (SSSR count). The minimum absolute atomic E-state index is 1.09. The van der Waals surface area contributed by atoms with E-state index in [0.29, 0.717) is 0 Å². The Morgan fingerprint density at radius 1 is 1.13 bits per heavy atom. The topological polar surface area (TPSA) is 3.24 Å². The first kappa shape index (κ1) is 11.4. The van der Waals surface area contributed by atoms with Gasteiger partial charge in [0.05, 0.1) is 0 Å². The molecule has 0 N–H and O–H groups in total. The van der Waals surface area contributed by atoms with Crippen LogP contribution >= 0.6 is 0 Å². The SMILES string of the molecule is CN(C)c1ccccc1[CH2][In]1[CH2]CC[CH2]1. The fourth-order valence-corrected chi connectivity index (χ4v) is 12.3. The van der Waals surface area contributed by atoms with E-state index in [4.69, 9.17) is 0 Å². The summed E-state index contributed by atoms with van der Waals surface area (Å²) in [6, 6.07) is 8.95. The maximum absolute atomic E-state index is 2.34. The Bertz CT molecular complexity index is 316. The molecule has 0 spiro atoms. The molecule has 1 nitrogen and oxygen atoms in total. The van der Waals surface area contributed by atoms with Gasteiger partial charge in [-0.1, -0.05) is 0 Å². The van der Waals surface area contributed by atoms with Gasteiger partial charge in [-0.05, 0) is 0 Å². The van der Waals surface area contributed by atoms with Crippen molar-refractivity contribution in [2.75, 3.05) is 19.0 Å². The van der Waals surface area contributed by atoms with Gasteiger partial charge < -0.3 is 0 Å². The molecular formula is C13H20InN. The number of anilines is 1. The van der Waals surface area contributed by atoms with E-state index in [1.807, 2.05) is 0 Å². The summed E-state index contributed by atoms with van der Waals surface area (Å²) in [5, 5.41) is 0. The Kier molecular flexibility index (Phi) is 4.01. The molecule has 1 aromatic carbocycles. The molecule has 2 heteroatoms. The molecule has 0 aliphatic carbocycles. The molecule has 15 heavy (non-hydrogen) atoms. The van der Waals surface area contributed by atoms with Gasteiger partial charge in [-0.2, -0.15) is 0 Å². The second-order valence-corrected chi connectivity index (χ2v) is 14.3. The summed E-state index contributed by atoms with van der Waals surface area (Å²) in [4.78, 5) is 2.26. The quantitative estimate of drug-likeness (QED) is 0.829. The zero-order valence-electron chi connectivity index (χ0n) is 9.87. The Morgan fingerprint density at radius 2 is 1.80 bits per heavy atom. The van der Waals surface area contributed by atoms with Gasteiger partial charge in [0.15, 0.2) is 0 Å². The Morgan fingerprint density at radius 3 is 2.47 bits per heavy atom. The van der Waals surface area contributed by atoms with Gasteiger partial charge in [-0.3, -0.25) is 0 Å². The number of nitrogens with zero attached hydrogens (tertiary/aromatic N) is 1. The molecule has 1 aromatic rings. The number of hydrogen-bond donors (Lipinski definition) is 0. The van der Waals surface area contributed by atoms with Crippen LogP contribution in [-0.2, 0) is 4.18 Å². The molecule has 0 atom stereocenters. The van der Waals surface area contributed by atoms with Crippen LogP contribution in [0.1, 0.15) is 18.4 Å². The van der Waals surface area contributed by atoms with Gasteiger partial charge in [-0.15, -0.1) is 0 Å². The molecule has 1 aliphatic heterocycles. The molecular weight excluding hydrogens is 285 g/mol. The van der Waals surface area contributed by atoms with E-state index in [1.54, 1.807) is 13.9 Å². The predicted molar refractivity (Wildman–Crippen MR) is 69.1 cm³/mol. The van der Waals surface area contributed by atoms with Crippen molar-refractivity contribution >= 4 is 27.1 Å². The van der Waals surface area contributed by atoms with Gasteiger partial charge in [0.1, 0.15) is 0 Å².